The minimum Gasteiger partial charge on any atom is -0.507 e. The average Bonchev–Trinajstić information content (AvgIpc) is 3.14. The van der Waals surface area contributed by atoms with Gasteiger partial charge in [-0.05, 0) is 55.5 Å². The number of benzene rings is 2. The van der Waals surface area contributed by atoms with Gasteiger partial charge in [-0.15, -0.1) is 11.3 Å². The normalized spacial score (nSPS) is 22.4. The predicted octanol–water partition coefficient (Wildman–Crippen LogP) is 4.48. The summed E-state index contributed by atoms with van der Waals surface area (Å²) in [7, 11) is 0. The van der Waals surface area contributed by atoms with E-state index in [1.54, 1.807) is 17.4 Å². The summed E-state index contributed by atoms with van der Waals surface area (Å²) in [5.74, 6) is 0.720. The number of phenols is 1. The first-order valence-corrected chi connectivity index (χ1v) is 11.0. The first kappa shape index (κ1) is 18.6. The molecule has 0 amide bonds. The minimum absolute atomic E-state index is 0.202. The van der Waals surface area contributed by atoms with Gasteiger partial charge in [0.15, 0.2) is 0 Å². The van der Waals surface area contributed by atoms with Crippen LogP contribution < -0.4 is 4.74 Å². The second kappa shape index (κ2) is 7.43. The molecule has 0 aliphatic carbocycles. The van der Waals surface area contributed by atoms with E-state index >= 15 is 0 Å². The van der Waals surface area contributed by atoms with Gasteiger partial charge in [-0.25, -0.2) is 4.98 Å². The van der Waals surface area contributed by atoms with Crippen LogP contribution in [0.25, 0.3) is 10.2 Å². The molecule has 6 heteroatoms. The molecule has 2 aliphatic heterocycles. The third-order valence-corrected chi connectivity index (χ3v) is 7.11. The molecule has 1 aromatic heterocycles. The molecule has 5 rings (SSSR count). The standard InChI is InChI=1S/C23H24N2O3S/c1-14-5-4-10-25(12-14)13-17-19(26)9-8-15-11-16(23(27)28-21(15)17)22-24-18-6-2-3-7-20(18)29-22/h2-3,6-9,14,16,26H,4-5,10-13H2,1H3/t14-,16?/m0/s1. The maximum atomic E-state index is 12.9. The van der Waals surface area contributed by atoms with E-state index in [1.165, 1.54) is 6.42 Å². The fraction of sp³-hybridized carbons (Fsp3) is 0.391. The third-order valence-electron chi connectivity index (χ3n) is 5.96. The Kier molecular flexibility index (Phi) is 4.76. The fourth-order valence-electron chi connectivity index (χ4n) is 4.46. The Bertz CT molecular complexity index is 1040. The number of ether oxygens (including phenoxy) is 1. The number of hydrogen-bond acceptors (Lipinski definition) is 6. The highest BCUT2D eigenvalue weighted by molar-refractivity contribution is 7.18. The number of nitrogens with zero attached hydrogens (tertiary/aromatic N) is 2. The van der Waals surface area contributed by atoms with Gasteiger partial charge in [0.1, 0.15) is 22.4 Å². The smallest absolute Gasteiger partial charge is 0.321 e. The topological polar surface area (TPSA) is 62.7 Å². The van der Waals surface area contributed by atoms with E-state index in [0.29, 0.717) is 24.6 Å². The molecular weight excluding hydrogens is 384 g/mol. The number of piperidine rings is 1. The lowest BCUT2D eigenvalue weighted by molar-refractivity contribution is -0.137. The average molecular weight is 409 g/mol. The van der Waals surface area contributed by atoms with Crippen LogP contribution in [-0.2, 0) is 17.8 Å². The third kappa shape index (κ3) is 3.51. The molecule has 1 N–H and O–H groups in total. The van der Waals surface area contributed by atoms with Crippen LogP contribution in [0.1, 0.15) is 41.8 Å². The van der Waals surface area contributed by atoms with Gasteiger partial charge in [-0.2, -0.15) is 0 Å². The van der Waals surface area contributed by atoms with Crippen molar-refractivity contribution in [3.05, 3.63) is 52.5 Å². The molecule has 3 aromatic rings. The van der Waals surface area contributed by atoms with Crippen LogP contribution in [0.4, 0.5) is 0 Å². The number of aromatic nitrogens is 1. The lowest BCUT2D eigenvalue weighted by Crippen LogP contribution is -2.34. The number of aromatic hydroxyl groups is 1. The van der Waals surface area contributed by atoms with Crippen molar-refractivity contribution < 1.29 is 14.6 Å². The Balaban J connectivity index is 1.45. The molecule has 29 heavy (non-hydrogen) atoms. The molecule has 0 spiro atoms. The molecule has 1 fully saturated rings. The molecular formula is C23H24N2O3S. The van der Waals surface area contributed by atoms with Crippen molar-refractivity contribution in [2.24, 2.45) is 5.92 Å². The molecule has 2 aromatic carbocycles. The van der Waals surface area contributed by atoms with E-state index in [1.807, 2.05) is 30.3 Å². The molecule has 1 saturated heterocycles. The number of carbonyl (C=O) groups is 1. The van der Waals surface area contributed by atoms with Crippen molar-refractivity contribution in [3.63, 3.8) is 0 Å². The predicted molar refractivity (Wildman–Crippen MR) is 113 cm³/mol. The van der Waals surface area contributed by atoms with E-state index in [2.05, 4.69) is 16.8 Å². The number of hydrogen-bond donors (Lipinski definition) is 1. The summed E-state index contributed by atoms with van der Waals surface area (Å²) in [5, 5.41) is 11.3. The Morgan fingerprint density at radius 1 is 1.28 bits per heavy atom. The van der Waals surface area contributed by atoms with Gasteiger partial charge < -0.3 is 9.84 Å². The van der Waals surface area contributed by atoms with Crippen LogP contribution in [0.2, 0.25) is 0 Å². The van der Waals surface area contributed by atoms with E-state index < -0.39 is 5.92 Å². The number of fused-ring (bicyclic) bond motifs is 2. The number of rotatable bonds is 3. The maximum absolute atomic E-state index is 12.9. The van der Waals surface area contributed by atoms with Crippen molar-refractivity contribution in [1.29, 1.82) is 0 Å². The molecule has 0 bridgehead atoms. The highest BCUT2D eigenvalue weighted by Gasteiger charge is 2.34. The number of thiazole rings is 1. The lowest BCUT2D eigenvalue weighted by Gasteiger charge is -2.32. The van der Waals surface area contributed by atoms with Crippen molar-refractivity contribution in [3.8, 4) is 11.5 Å². The van der Waals surface area contributed by atoms with E-state index in [-0.39, 0.29) is 11.7 Å². The maximum Gasteiger partial charge on any atom is 0.321 e. The van der Waals surface area contributed by atoms with Crippen molar-refractivity contribution in [1.82, 2.24) is 9.88 Å². The molecule has 3 heterocycles. The summed E-state index contributed by atoms with van der Waals surface area (Å²) in [6.45, 7) is 4.88. The number of para-hydroxylation sites is 1. The molecule has 2 atom stereocenters. The largest absolute Gasteiger partial charge is 0.507 e. The molecule has 0 saturated carbocycles. The zero-order valence-electron chi connectivity index (χ0n) is 16.4. The van der Waals surface area contributed by atoms with Crippen LogP contribution in [0.3, 0.4) is 0 Å². The van der Waals surface area contributed by atoms with Crippen LogP contribution in [0.5, 0.6) is 11.5 Å². The number of esters is 1. The minimum atomic E-state index is -0.396. The fourth-order valence-corrected chi connectivity index (χ4v) is 5.52. The van der Waals surface area contributed by atoms with Gasteiger partial charge in [0.2, 0.25) is 0 Å². The summed E-state index contributed by atoms with van der Waals surface area (Å²) in [6, 6.07) is 11.5. The SMILES string of the molecule is C[C@H]1CCCN(Cc2c(O)ccc3c2OC(=O)C(c2nc4ccccc4s2)C3)C1. The summed E-state index contributed by atoms with van der Waals surface area (Å²) < 4.78 is 6.89. The van der Waals surface area contributed by atoms with Crippen LogP contribution >= 0.6 is 11.3 Å². The Morgan fingerprint density at radius 2 is 2.14 bits per heavy atom. The van der Waals surface area contributed by atoms with Gasteiger partial charge in [0, 0.05) is 13.1 Å². The Morgan fingerprint density at radius 3 is 2.97 bits per heavy atom. The van der Waals surface area contributed by atoms with Crippen LogP contribution in [0, 0.1) is 5.92 Å². The lowest BCUT2D eigenvalue weighted by atomic mass is 9.93. The number of phenolic OH excluding ortho intramolecular Hbond substituents is 1. The highest BCUT2D eigenvalue weighted by atomic mass is 32.1. The molecule has 1 unspecified atom stereocenters. The van der Waals surface area contributed by atoms with Crippen LogP contribution in [-0.4, -0.2) is 34.0 Å². The quantitative estimate of drug-likeness (QED) is 0.511. The zero-order chi connectivity index (χ0) is 20.0. The van der Waals surface area contributed by atoms with Crippen molar-refractivity contribution in [2.45, 2.75) is 38.6 Å². The van der Waals surface area contributed by atoms with Gasteiger partial charge in [-0.1, -0.05) is 25.1 Å². The Hall–Kier alpha value is -2.44. The summed E-state index contributed by atoms with van der Waals surface area (Å²) in [4.78, 5) is 19.9. The van der Waals surface area contributed by atoms with E-state index in [4.69, 9.17) is 4.74 Å². The van der Waals surface area contributed by atoms with Gasteiger partial charge in [0.25, 0.3) is 0 Å². The Labute approximate surface area is 173 Å². The number of likely N-dealkylation sites (tertiary alicyclic amines) is 1. The van der Waals surface area contributed by atoms with E-state index in [0.717, 1.165) is 45.9 Å². The van der Waals surface area contributed by atoms with Gasteiger partial charge >= 0.3 is 5.97 Å². The highest BCUT2D eigenvalue weighted by Crippen LogP contribution is 2.41. The number of carbonyl (C=O) groups excluding carboxylic acids is 1. The van der Waals surface area contributed by atoms with Crippen molar-refractivity contribution in [2.75, 3.05) is 13.1 Å². The first-order chi connectivity index (χ1) is 14.1. The first-order valence-electron chi connectivity index (χ1n) is 10.2. The second-order valence-corrected chi connectivity index (χ2v) is 9.29. The molecule has 5 nitrogen and oxygen atoms in total. The summed E-state index contributed by atoms with van der Waals surface area (Å²) >= 11 is 1.55. The van der Waals surface area contributed by atoms with Crippen molar-refractivity contribution >= 4 is 27.5 Å². The van der Waals surface area contributed by atoms with E-state index in [9.17, 15) is 9.90 Å². The van der Waals surface area contributed by atoms with Gasteiger partial charge in [0.05, 0.1) is 15.8 Å². The molecule has 0 radical (unpaired) electrons. The van der Waals surface area contributed by atoms with Crippen LogP contribution in [0.15, 0.2) is 36.4 Å². The second-order valence-electron chi connectivity index (χ2n) is 8.23. The summed E-state index contributed by atoms with van der Waals surface area (Å²) in [6.07, 6.45) is 2.96. The molecule has 150 valence electrons. The van der Waals surface area contributed by atoms with Gasteiger partial charge in [-0.3, -0.25) is 9.69 Å². The molecule has 2 aliphatic rings. The monoisotopic (exact) mass is 408 g/mol. The zero-order valence-corrected chi connectivity index (χ0v) is 17.2. The summed E-state index contributed by atoms with van der Waals surface area (Å²) in [5.41, 5.74) is 2.61.